The first-order chi connectivity index (χ1) is 16.6. The third-order valence-electron chi connectivity index (χ3n) is 5.24. The van der Waals surface area contributed by atoms with Crippen molar-refractivity contribution in [3.63, 3.8) is 0 Å². The molecule has 1 N–H and O–H groups in total. The molecular weight excluding hydrogens is 436 g/mol. The lowest BCUT2D eigenvalue weighted by atomic mass is 10.1. The molecule has 0 radical (unpaired) electrons. The highest BCUT2D eigenvalue weighted by Gasteiger charge is 2.18. The molecule has 4 rings (SSSR count). The number of nitrogens with zero attached hydrogens (tertiary/aromatic N) is 2. The van der Waals surface area contributed by atoms with Crippen molar-refractivity contribution >= 4 is 5.91 Å². The van der Waals surface area contributed by atoms with Gasteiger partial charge in [0, 0.05) is 12.7 Å². The van der Waals surface area contributed by atoms with Gasteiger partial charge in [-0.25, -0.2) is 8.78 Å². The minimum absolute atomic E-state index is 0.0586. The van der Waals surface area contributed by atoms with Crippen LogP contribution in [0.1, 0.15) is 33.5 Å². The summed E-state index contributed by atoms with van der Waals surface area (Å²) in [6, 6.07) is 22.3. The van der Waals surface area contributed by atoms with Gasteiger partial charge in [0.15, 0.2) is 0 Å². The zero-order valence-corrected chi connectivity index (χ0v) is 18.6. The number of hydrogen-bond donors (Lipinski definition) is 1. The fourth-order valence-corrected chi connectivity index (χ4v) is 3.58. The quantitative estimate of drug-likeness (QED) is 0.332. The van der Waals surface area contributed by atoms with Crippen LogP contribution >= 0.6 is 0 Å². The molecule has 0 aliphatic rings. The van der Waals surface area contributed by atoms with Crippen molar-refractivity contribution in [1.29, 1.82) is 0 Å². The van der Waals surface area contributed by atoms with Crippen LogP contribution in [0.4, 0.5) is 8.78 Å². The predicted octanol–water partition coefficient (Wildman–Crippen LogP) is 5.15. The normalized spacial score (nSPS) is 10.8. The maximum absolute atomic E-state index is 13.6. The Morgan fingerprint density at radius 2 is 1.56 bits per heavy atom. The van der Waals surface area contributed by atoms with Crippen molar-refractivity contribution in [3.8, 4) is 5.88 Å². The number of halogens is 2. The maximum Gasteiger partial charge on any atom is 0.258 e. The monoisotopic (exact) mass is 461 g/mol. The van der Waals surface area contributed by atoms with E-state index < -0.39 is 0 Å². The molecule has 7 heteroatoms. The van der Waals surface area contributed by atoms with Crippen LogP contribution in [0.3, 0.4) is 0 Å². The number of amides is 1. The molecule has 5 nitrogen and oxygen atoms in total. The highest BCUT2D eigenvalue weighted by atomic mass is 19.1. The molecular formula is C27H25F2N3O2. The Morgan fingerprint density at radius 1 is 0.882 bits per heavy atom. The van der Waals surface area contributed by atoms with Crippen LogP contribution in [0.5, 0.6) is 5.88 Å². The van der Waals surface area contributed by atoms with Crippen LogP contribution < -0.4 is 10.1 Å². The fraction of sp³-hybridized carbons (Fsp3) is 0.185. The average molecular weight is 462 g/mol. The first-order valence-electron chi connectivity index (χ1n) is 11.1. The first-order valence-corrected chi connectivity index (χ1v) is 11.1. The lowest BCUT2D eigenvalue weighted by Crippen LogP contribution is -2.25. The van der Waals surface area contributed by atoms with E-state index >= 15 is 0 Å². The highest BCUT2D eigenvalue weighted by molar-refractivity contribution is 5.96. The molecule has 1 heterocycles. The van der Waals surface area contributed by atoms with E-state index in [0.29, 0.717) is 17.7 Å². The van der Waals surface area contributed by atoms with Crippen LogP contribution in [0.15, 0.2) is 85.1 Å². The second-order valence-electron chi connectivity index (χ2n) is 7.94. The van der Waals surface area contributed by atoms with E-state index in [0.717, 1.165) is 12.8 Å². The number of carbonyl (C=O) groups excluding carboxylic acids is 1. The number of carbonyl (C=O) groups is 1. The standard InChI is InChI=1S/C27H25F2N3O2/c28-23-12-4-9-21(15-23)17-32-18-25(26(33)30-14-6-11-20-7-2-1-3-8-20)27(31-32)34-19-22-10-5-13-24(29)16-22/h1-5,7-10,12-13,15-16,18H,6,11,14,17,19H2,(H,30,33). The van der Waals surface area contributed by atoms with Gasteiger partial charge in [-0.3, -0.25) is 9.48 Å². The van der Waals surface area contributed by atoms with Gasteiger partial charge in [0.05, 0.1) is 6.54 Å². The minimum Gasteiger partial charge on any atom is -0.471 e. The van der Waals surface area contributed by atoms with Crippen LogP contribution in [-0.2, 0) is 19.6 Å². The van der Waals surface area contributed by atoms with E-state index in [1.54, 1.807) is 30.5 Å². The van der Waals surface area contributed by atoms with Crippen molar-refractivity contribution in [3.05, 3.63) is 119 Å². The Hall–Kier alpha value is -4.00. The highest BCUT2D eigenvalue weighted by Crippen LogP contribution is 2.19. The summed E-state index contributed by atoms with van der Waals surface area (Å²) in [5.74, 6) is -0.883. The van der Waals surface area contributed by atoms with Gasteiger partial charge in [-0.15, -0.1) is 5.10 Å². The van der Waals surface area contributed by atoms with Gasteiger partial charge < -0.3 is 10.1 Å². The summed E-state index contributed by atoms with van der Waals surface area (Å²) in [4.78, 5) is 12.9. The number of hydrogen-bond acceptors (Lipinski definition) is 3. The Labute approximate surface area is 197 Å². The summed E-state index contributed by atoms with van der Waals surface area (Å²) < 4.78 is 34.4. The van der Waals surface area contributed by atoms with Crippen LogP contribution in [-0.4, -0.2) is 22.2 Å². The molecule has 0 saturated heterocycles. The summed E-state index contributed by atoms with van der Waals surface area (Å²) in [5, 5.41) is 7.30. The second-order valence-corrected chi connectivity index (χ2v) is 7.94. The van der Waals surface area contributed by atoms with Crippen LogP contribution in [0, 0.1) is 11.6 Å². The molecule has 174 valence electrons. The molecule has 0 aliphatic heterocycles. The summed E-state index contributed by atoms with van der Waals surface area (Å²) >= 11 is 0. The minimum atomic E-state index is -0.367. The van der Waals surface area contributed by atoms with E-state index in [2.05, 4.69) is 22.5 Å². The zero-order valence-electron chi connectivity index (χ0n) is 18.6. The number of ether oxygens (including phenoxy) is 1. The molecule has 0 fully saturated rings. The lowest BCUT2D eigenvalue weighted by Gasteiger charge is -2.07. The molecule has 1 amide bonds. The van der Waals surface area contributed by atoms with Crippen molar-refractivity contribution in [2.75, 3.05) is 6.54 Å². The van der Waals surface area contributed by atoms with Crippen LogP contribution in [0.2, 0.25) is 0 Å². The van der Waals surface area contributed by atoms with E-state index in [9.17, 15) is 13.6 Å². The summed E-state index contributed by atoms with van der Waals surface area (Å²) in [5.41, 5.74) is 2.80. The van der Waals surface area contributed by atoms with Gasteiger partial charge in [-0.2, -0.15) is 0 Å². The molecule has 0 bridgehead atoms. The Balaban J connectivity index is 1.44. The van der Waals surface area contributed by atoms with E-state index in [-0.39, 0.29) is 42.1 Å². The number of benzene rings is 3. The Morgan fingerprint density at radius 3 is 2.29 bits per heavy atom. The topological polar surface area (TPSA) is 56.2 Å². The van der Waals surface area contributed by atoms with Gasteiger partial charge >= 0.3 is 0 Å². The summed E-state index contributed by atoms with van der Waals surface area (Å²) in [6.45, 7) is 0.824. The van der Waals surface area contributed by atoms with Crippen LogP contribution in [0.25, 0.3) is 0 Å². The number of rotatable bonds is 10. The van der Waals surface area contributed by atoms with Gasteiger partial charge in [0.25, 0.3) is 5.91 Å². The van der Waals surface area contributed by atoms with Gasteiger partial charge in [-0.05, 0) is 53.8 Å². The maximum atomic E-state index is 13.6. The van der Waals surface area contributed by atoms with E-state index in [1.165, 1.54) is 34.5 Å². The van der Waals surface area contributed by atoms with Crippen molar-refractivity contribution < 1.29 is 18.3 Å². The molecule has 0 unspecified atom stereocenters. The third-order valence-corrected chi connectivity index (χ3v) is 5.24. The smallest absolute Gasteiger partial charge is 0.258 e. The molecule has 4 aromatic rings. The largest absolute Gasteiger partial charge is 0.471 e. The van der Waals surface area contributed by atoms with E-state index in [4.69, 9.17) is 4.74 Å². The first kappa shape index (κ1) is 23.2. The van der Waals surface area contributed by atoms with Gasteiger partial charge in [0.1, 0.15) is 23.8 Å². The van der Waals surface area contributed by atoms with Crippen molar-refractivity contribution in [2.24, 2.45) is 0 Å². The zero-order chi connectivity index (χ0) is 23.8. The number of aromatic nitrogens is 2. The van der Waals surface area contributed by atoms with Crippen molar-refractivity contribution in [1.82, 2.24) is 15.1 Å². The van der Waals surface area contributed by atoms with Gasteiger partial charge in [-0.1, -0.05) is 54.6 Å². The molecule has 0 spiro atoms. The number of nitrogens with one attached hydrogen (secondary N) is 1. The third kappa shape index (κ3) is 6.51. The molecule has 3 aromatic carbocycles. The fourth-order valence-electron chi connectivity index (χ4n) is 3.58. The summed E-state index contributed by atoms with van der Waals surface area (Å²) in [6.07, 6.45) is 3.22. The lowest BCUT2D eigenvalue weighted by molar-refractivity contribution is 0.0948. The summed E-state index contributed by atoms with van der Waals surface area (Å²) in [7, 11) is 0. The van der Waals surface area contributed by atoms with E-state index in [1.807, 2.05) is 18.2 Å². The SMILES string of the molecule is O=C(NCCCc1ccccc1)c1cn(Cc2cccc(F)c2)nc1OCc1cccc(F)c1. The molecule has 1 aromatic heterocycles. The average Bonchev–Trinajstić information content (AvgIpc) is 3.24. The number of aryl methyl sites for hydroxylation is 1. The molecule has 34 heavy (non-hydrogen) atoms. The molecule has 0 aliphatic carbocycles. The van der Waals surface area contributed by atoms with Gasteiger partial charge in [0.2, 0.25) is 5.88 Å². The Kier molecular flexibility index (Phi) is 7.65. The Bertz CT molecular complexity index is 1240. The second kappa shape index (κ2) is 11.2. The van der Waals surface area contributed by atoms with Crippen molar-refractivity contribution in [2.45, 2.75) is 26.0 Å². The molecule has 0 saturated carbocycles. The predicted molar refractivity (Wildman–Crippen MR) is 126 cm³/mol. The molecule has 0 atom stereocenters.